The summed E-state index contributed by atoms with van der Waals surface area (Å²) >= 11 is 18.2. The molecule has 1 aromatic carbocycles. The molecule has 0 saturated heterocycles. The summed E-state index contributed by atoms with van der Waals surface area (Å²) in [5.74, 6) is 0. The molecule has 0 aliphatic carbocycles. The van der Waals surface area contributed by atoms with E-state index in [1.807, 2.05) is 0 Å². The Labute approximate surface area is 124 Å². The van der Waals surface area contributed by atoms with Crippen LogP contribution in [0.1, 0.15) is 18.9 Å². The quantitative estimate of drug-likeness (QED) is 0.797. The van der Waals surface area contributed by atoms with Gasteiger partial charge in [-0.1, -0.05) is 34.8 Å². The first-order valence-corrected chi connectivity index (χ1v) is 7.05. The lowest BCUT2D eigenvalue weighted by Gasteiger charge is -2.18. The zero-order valence-corrected chi connectivity index (χ0v) is 13.2. The summed E-state index contributed by atoms with van der Waals surface area (Å²) in [6.07, 6.45) is 1.07. The molecule has 0 bridgehead atoms. The molecule has 1 unspecified atom stereocenters. The van der Waals surface area contributed by atoms with Gasteiger partial charge in [-0.05, 0) is 46.1 Å². The van der Waals surface area contributed by atoms with Crippen LogP contribution in [0.25, 0.3) is 0 Å². The van der Waals surface area contributed by atoms with E-state index in [2.05, 4.69) is 31.2 Å². The van der Waals surface area contributed by atoms with Crippen molar-refractivity contribution in [2.75, 3.05) is 20.6 Å². The zero-order chi connectivity index (χ0) is 13.7. The summed E-state index contributed by atoms with van der Waals surface area (Å²) < 4.78 is 0. The minimum absolute atomic E-state index is 0.401. The van der Waals surface area contributed by atoms with Crippen molar-refractivity contribution in [1.29, 1.82) is 0 Å². The van der Waals surface area contributed by atoms with E-state index in [9.17, 15) is 0 Å². The Kier molecular flexibility index (Phi) is 6.75. The van der Waals surface area contributed by atoms with Crippen molar-refractivity contribution in [1.82, 2.24) is 10.2 Å². The summed E-state index contributed by atoms with van der Waals surface area (Å²) in [6, 6.07) is 3.89. The van der Waals surface area contributed by atoms with Gasteiger partial charge in [-0.15, -0.1) is 0 Å². The van der Waals surface area contributed by atoms with E-state index in [4.69, 9.17) is 34.8 Å². The van der Waals surface area contributed by atoms with Crippen LogP contribution in [0, 0.1) is 0 Å². The molecule has 0 saturated carbocycles. The molecule has 0 aliphatic heterocycles. The first kappa shape index (κ1) is 16.1. The minimum atomic E-state index is 0.401. The Morgan fingerprint density at radius 1 is 1.17 bits per heavy atom. The molecule has 5 heteroatoms. The van der Waals surface area contributed by atoms with Gasteiger partial charge in [0.05, 0.1) is 10.0 Å². The van der Waals surface area contributed by atoms with Crippen LogP contribution in [0.15, 0.2) is 12.1 Å². The number of hydrogen-bond donors (Lipinski definition) is 1. The van der Waals surface area contributed by atoms with Gasteiger partial charge in [0, 0.05) is 23.2 Å². The molecule has 0 radical (unpaired) electrons. The van der Waals surface area contributed by atoms with Gasteiger partial charge in [0.1, 0.15) is 0 Å². The van der Waals surface area contributed by atoms with Crippen LogP contribution >= 0.6 is 34.8 Å². The van der Waals surface area contributed by atoms with E-state index in [0.717, 1.165) is 18.5 Å². The molecule has 2 nitrogen and oxygen atoms in total. The van der Waals surface area contributed by atoms with Gasteiger partial charge in [-0.3, -0.25) is 0 Å². The first-order chi connectivity index (χ1) is 8.41. The lowest BCUT2D eigenvalue weighted by atomic mass is 10.2. The second kappa shape index (κ2) is 7.56. The summed E-state index contributed by atoms with van der Waals surface area (Å²) in [6.45, 7) is 3.83. The van der Waals surface area contributed by atoms with E-state index in [-0.39, 0.29) is 0 Å². The first-order valence-electron chi connectivity index (χ1n) is 5.92. The molecule has 18 heavy (non-hydrogen) atoms. The molecule has 1 atom stereocenters. The predicted molar refractivity (Wildman–Crippen MR) is 80.9 cm³/mol. The minimum Gasteiger partial charge on any atom is -0.310 e. The molecule has 102 valence electrons. The third-order valence-corrected chi connectivity index (χ3v) is 3.97. The fraction of sp³-hybridized carbons (Fsp3) is 0.538. The fourth-order valence-corrected chi connectivity index (χ4v) is 2.24. The number of benzene rings is 1. The molecule has 0 heterocycles. The normalized spacial score (nSPS) is 13.1. The average Bonchev–Trinajstić information content (AvgIpc) is 2.31. The standard InChI is InChI=1S/C13H19Cl3N2/c1-9(6-7-18(2)3)17-8-10-11(14)4-5-12(15)13(10)16/h4-5,9,17H,6-8H2,1-3H3. The molecule has 1 N–H and O–H groups in total. The van der Waals surface area contributed by atoms with Gasteiger partial charge in [0.15, 0.2) is 0 Å². The van der Waals surface area contributed by atoms with E-state index < -0.39 is 0 Å². The zero-order valence-electron chi connectivity index (χ0n) is 10.9. The van der Waals surface area contributed by atoms with Gasteiger partial charge in [-0.2, -0.15) is 0 Å². The molecule has 0 aromatic heterocycles. The Balaban J connectivity index is 2.55. The maximum Gasteiger partial charge on any atom is 0.0652 e. The monoisotopic (exact) mass is 308 g/mol. The highest BCUT2D eigenvalue weighted by Gasteiger charge is 2.10. The number of hydrogen-bond acceptors (Lipinski definition) is 2. The molecule has 0 spiro atoms. The van der Waals surface area contributed by atoms with Gasteiger partial charge < -0.3 is 10.2 Å². The Morgan fingerprint density at radius 3 is 2.39 bits per heavy atom. The Morgan fingerprint density at radius 2 is 1.78 bits per heavy atom. The third-order valence-electron chi connectivity index (χ3n) is 2.78. The van der Waals surface area contributed by atoms with Crippen molar-refractivity contribution >= 4 is 34.8 Å². The van der Waals surface area contributed by atoms with Crippen LogP contribution in [0.3, 0.4) is 0 Å². The maximum atomic E-state index is 6.14. The van der Waals surface area contributed by atoms with Crippen molar-refractivity contribution in [3.8, 4) is 0 Å². The molecular weight excluding hydrogens is 291 g/mol. The second-order valence-electron chi connectivity index (χ2n) is 4.70. The number of rotatable bonds is 6. The van der Waals surface area contributed by atoms with Crippen LogP contribution in [0.4, 0.5) is 0 Å². The van der Waals surface area contributed by atoms with Crippen molar-refractivity contribution in [2.45, 2.75) is 25.9 Å². The third kappa shape index (κ3) is 4.94. The Bertz CT molecular complexity index is 394. The van der Waals surface area contributed by atoms with E-state index >= 15 is 0 Å². The summed E-state index contributed by atoms with van der Waals surface area (Å²) in [5.41, 5.74) is 0.863. The lowest BCUT2D eigenvalue weighted by molar-refractivity contribution is 0.365. The van der Waals surface area contributed by atoms with Gasteiger partial charge in [0.2, 0.25) is 0 Å². The summed E-state index contributed by atoms with van der Waals surface area (Å²) in [7, 11) is 4.13. The highest BCUT2D eigenvalue weighted by molar-refractivity contribution is 6.44. The van der Waals surface area contributed by atoms with Crippen LogP contribution in [0.5, 0.6) is 0 Å². The predicted octanol–water partition coefficient (Wildman–Crippen LogP) is 4.08. The summed E-state index contributed by atoms with van der Waals surface area (Å²) in [4.78, 5) is 2.16. The highest BCUT2D eigenvalue weighted by Crippen LogP contribution is 2.31. The van der Waals surface area contributed by atoms with Crippen molar-refractivity contribution < 1.29 is 0 Å². The second-order valence-corrected chi connectivity index (χ2v) is 5.89. The lowest BCUT2D eigenvalue weighted by Crippen LogP contribution is -2.29. The fourth-order valence-electron chi connectivity index (χ4n) is 1.56. The molecule has 0 aliphatic rings. The number of nitrogens with zero attached hydrogens (tertiary/aromatic N) is 1. The van der Waals surface area contributed by atoms with Crippen molar-refractivity contribution in [3.05, 3.63) is 32.8 Å². The van der Waals surface area contributed by atoms with Crippen LogP contribution in [-0.2, 0) is 6.54 Å². The number of nitrogens with one attached hydrogen (secondary N) is 1. The van der Waals surface area contributed by atoms with Gasteiger partial charge in [0.25, 0.3) is 0 Å². The van der Waals surface area contributed by atoms with Crippen molar-refractivity contribution in [3.63, 3.8) is 0 Å². The molecule has 0 amide bonds. The average molecular weight is 310 g/mol. The van der Waals surface area contributed by atoms with Gasteiger partial charge in [-0.25, -0.2) is 0 Å². The largest absolute Gasteiger partial charge is 0.310 e. The molecule has 0 fully saturated rings. The highest BCUT2D eigenvalue weighted by atomic mass is 35.5. The van der Waals surface area contributed by atoms with Gasteiger partial charge >= 0.3 is 0 Å². The van der Waals surface area contributed by atoms with Crippen LogP contribution < -0.4 is 5.32 Å². The molecule has 1 aromatic rings. The van der Waals surface area contributed by atoms with Crippen molar-refractivity contribution in [2.24, 2.45) is 0 Å². The van der Waals surface area contributed by atoms with E-state index in [1.165, 1.54) is 0 Å². The van der Waals surface area contributed by atoms with Crippen LogP contribution in [-0.4, -0.2) is 31.6 Å². The number of halogens is 3. The van der Waals surface area contributed by atoms with E-state index in [1.54, 1.807) is 12.1 Å². The molecule has 1 rings (SSSR count). The SMILES string of the molecule is CC(CCN(C)C)NCc1c(Cl)ccc(Cl)c1Cl. The smallest absolute Gasteiger partial charge is 0.0652 e. The topological polar surface area (TPSA) is 15.3 Å². The summed E-state index contributed by atoms with van der Waals surface area (Å²) in [5, 5.41) is 5.14. The molecular formula is C13H19Cl3N2. The van der Waals surface area contributed by atoms with Crippen LogP contribution in [0.2, 0.25) is 15.1 Å². The maximum absolute atomic E-state index is 6.14. The van der Waals surface area contributed by atoms with E-state index in [0.29, 0.717) is 27.7 Å². The Hall–Kier alpha value is 0.01000.